The zero-order valence-corrected chi connectivity index (χ0v) is 36.4. The first kappa shape index (κ1) is 43.2. The fraction of sp³-hybridized carbons (Fsp3) is 0.543. The van der Waals surface area contributed by atoms with Crippen LogP contribution in [0, 0.1) is 0 Å². The van der Waals surface area contributed by atoms with Crippen LogP contribution < -0.4 is 20.7 Å². The van der Waals surface area contributed by atoms with Crippen LogP contribution in [0.5, 0.6) is 6.01 Å². The van der Waals surface area contributed by atoms with Gasteiger partial charge in [0.2, 0.25) is 23.7 Å². The van der Waals surface area contributed by atoms with E-state index in [9.17, 15) is 19.2 Å². The number of rotatable bonds is 17. The van der Waals surface area contributed by atoms with Gasteiger partial charge in [0, 0.05) is 82.0 Å². The Morgan fingerprint density at radius 3 is 2.37 bits per heavy atom. The van der Waals surface area contributed by atoms with Crippen LogP contribution in [0.4, 0.5) is 11.6 Å². The van der Waals surface area contributed by atoms with Crippen molar-refractivity contribution in [1.29, 1.82) is 0 Å². The molecular weight excluding hydrogens is 787 g/mol. The van der Waals surface area contributed by atoms with Crippen molar-refractivity contribution in [3.8, 4) is 6.01 Å². The number of piperidine rings is 2. The van der Waals surface area contributed by atoms with Crippen LogP contribution in [0.2, 0.25) is 0 Å². The lowest BCUT2D eigenvalue weighted by Gasteiger charge is -2.34. The number of fused-ring (bicyclic) bond motifs is 2. The van der Waals surface area contributed by atoms with Gasteiger partial charge in [-0.3, -0.25) is 24.5 Å². The van der Waals surface area contributed by atoms with E-state index in [1.165, 1.54) is 5.56 Å². The molecule has 1 atom stereocenters. The normalized spacial score (nSPS) is 19.3. The number of piperazine rings is 1. The minimum Gasteiger partial charge on any atom is -0.460 e. The lowest BCUT2D eigenvalue weighted by atomic mass is 9.98. The zero-order chi connectivity index (χ0) is 43.2. The van der Waals surface area contributed by atoms with Crippen molar-refractivity contribution in [3.05, 3.63) is 76.5 Å². The molecule has 3 fully saturated rings. The minimum absolute atomic E-state index is 0.0202. The Hall–Kier alpha value is -5.45. The third-order valence-electron chi connectivity index (χ3n) is 12.8. The number of hydrogen-bond donors (Lipinski definition) is 3. The molecule has 2 aromatic carbocycles. The first-order valence-electron chi connectivity index (χ1n) is 22.5. The maximum absolute atomic E-state index is 13.2. The average Bonchev–Trinajstić information content (AvgIpc) is 3.85. The van der Waals surface area contributed by atoms with Crippen LogP contribution >= 0.6 is 0 Å². The summed E-state index contributed by atoms with van der Waals surface area (Å²) in [5.74, 6) is 0.0802. The summed E-state index contributed by atoms with van der Waals surface area (Å²) in [6.07, 6.45) is 8.70. The molecule has 62 heavy (non-hydrogen) atoms. The van der Waals surface area contributed by atoms with Crippen molar-refractivity contribution in [2.75, 3.05) is 70.0 Å². The Morgan fingerprint density at radius 2 is 1.65 bits per heavy atom. The molecule has 4 aromatic rings. The van der Waals surface area contributed by atoms with Crippen LogP contribution in [0.1, 0.15) is 104 Å². The summed E-state index contributed by atoms with van der Waals surface area (Å²) in [5.41, 5.74) is 6.48. The van der Waals surface area contributed by atoms with Crippen LogP contribution in [0.15, 0.2) is 48.7 Å². The molecule has 0 spiro atoms. The van der Waals surface area contributed by atoms with Crippen molar-refractivity contribution in [2.45, 2.75) is 103 Å². The molecule has 1 unspecified atom stereocenters. The zero-order valence-electron chi connectivity index (χ0n) is 36.4. The Labute approximate surface area is 363 Å². The van der Waals surface area contributed by atoms with E-state index in [1.54, 1.807) is 9.42 Å². The standard InChI is InChI=1S/C46H61N11O5/c1-31(2)37-29-48-57-42(37)51-46(62-35-18-22-53(3)23-19-35)52-45(57)47-28-32-12-14-34(15-13-32)49-40(58)11-7-21-55-26-24-54(25-27-55)20-5-4-8-33-9-6-10-36-38(33)30-56(44(36)61)39-16-17-41(59)50-43(39)60/h6,9-10,12-15,29,31,35,39H,4-5,7-8,11,16-28,30H2,1-3H3,(H,49,58)(H,47,51,52)(H,50,59,60). The first-order chi connectivity index (χ1) is 30.1. The van der Waals surface area contributed by atoms with Crippen molar-refractivity contribution in [3.63, 3.8) is 0 Å². The number of carbonyl (C=O) groups excluding carboxylic acids is 4. The van der Waals surface area contributed by atoms with Crippen LogP contribution in [0.25, 0.3) is 5.65 Å². The SMILES string of the molecule is CC(C)c1cnn2c(NCc3ccc(NC(=O)CCCN4CCN(CCCCc5cccc6c5CN(C5CCC(=O)NC5=O)C6=O)CC4)cc3)nc(OC3CCN(C)CC3)nc12. The summed E-state index contributed by atoms with van der Waals surface area (Å²) in [7, 11) is 2.13. The number of anilines is 2. The van der Waals surface area contributed by atoms with Gasteiger partial charge in [-0.2, -0.15) is 19.6 Å². The van der Waals surface area contributed by atoms with Crippen LogP contribution in [-0.4, -0.2) is 134 Å². The molecule has 6 heterocycles. The number of nitrogens with one attached hydrogen (secondary N) is 3. The van der Waals surface area contributed by atoms with Gasteiger partial charge in [-0.25, -0.2) is 0 Å². The highest BCUT2D eigenvalue weighted by Crippen LogP contribution is 2.31. The number of likely N-dealkylation sites (tertiary alicyclic amines) is 1. The van der Waals surface area contributed by atoms with Crippen molar-refractivity contribution >= 4 is 40.9 Å². The fourth-order valence-corrected chi connectivity index (χ4v) is 9.05. The average molecular weight is 848 g/mol. The molecule has 0 bridgehead atoms. The number of aromatic nitrogens is 4. The van der Waals surface area contributed by atoms with Gasteiger partial charge in [0.25, 0.3) is 5.91 Å². The van der Waals surface area contributed by atoms with E-state index in [4.69, 9.17) is 14.7 Å². The van der Waals surface area contributed by atoms with Gasteiger partial charge in [0.15, 0.2) is 5.65 Å². The Bertz CT molecular complexity index is 2230. The number of imide groups is 1. The second-order valence-electron chi connectivity index (χ2n) is 17.6. The number of unbranched alkanes of at least 4 members (excludes halogenated alkanes) is 1. The van der Waals surface area contributed by atoms with Gasteiger partial charge < -0.3 is 35.0 Å². The predicted octanol–water partition coefficient (Wildman–Crippen LogP) is 4.45. The summed E-state index contributed by atoms with van der Waals surface area (Å²) >= 11 is 0. The highest BCUT2D eigenvalue weighted by Gasteiger charge is 2.39. The minimum atomic E-state index is -0.592. The molecule has 2 aromatic heterocycles. The monoisotopic (exact) mass is 847 g/mol. The lowest BCUT2D eigenvalue weighted by Crippen LogP contribution is -2.52. The van der Waals surface area contributed by atoms with E-state index in [1.807, 2.05) is 42.6 Å². The van der Waals surface area contributed by atoms with Crippen molar-refractivity contribution < 1.29 is 23.9 Å². The van der Waals surface area contributed by atoms with Gasteiger partial charge in [-0.1, -0.05) is 38.1 Å². The summed E-state index contributed by atoms with van der Waals surface area (Å²) in [4.78, 5) is 68.6. The topological polar surface area (TPSA) is 170 Å². The number of benzene rings is 2. The molecule has 4 aliphatic rings. The number of aryl methyl sites for hydroxylation is 1. The molecule has 0 aliphatic carbocycles. The summed E-state index contributed by atoms with van der Waals surface area (Å²) in [6.45, 7) is 13.1. The summed E-state index contributed by atoms with van der Waals surface area (Å²) < 4.78 is 8.04. The number of hydrogen-bond acceptors (Lipinski definition) is 12. The predicted molar refractivity (Wildman–Crippen MR) is 236 cm³/mol. The molecular formula is C46H61N11O5. The first-order valence-corrected chi connectivity index (χ1v) is 22.5. The smallest absolute Gasteiger partial charge is 0.322 e. The lowest BCUT2D eigenvalue weighted by molar-refractivity contribution is -0.137. The molecule has 0 saturated carbocycles. The second kappa shape index (κ2) is 19.7. The molecule has 0 radical (unpaired) electrons. The van der Waals surface area contributed by atoms with Crippen LogP contribution in [0.3, 0.4) is 0 Å². The fourth-order valence-electron chi connectivity index (χ4n) is 9.05. The van der Waals surface area contributed by atoms with E-state index < -0.39 is 6.04 Å². The van der Waals surface area contributed by atoms with E-state index in [0.29, 0.717) is 43.5 Å². The summed E-state index contributed by atoms with van der Waals surface area (Å²) in [5, 5.41) is 13.5. The molecule has 3 N–H and O–H groups in total. The van der Waals surface area contributed by atoms with Gasteiger partial charge in [-0.15, -0.1) is 0 Å². The maximum Gasteiger partial charge on any atom is 0.322 e. The maximum atomic E-state index is 13.2. The number of amides is 4. The Balaban J connectivity index is 0.723. The highest BCUT2D eigenvalue weighted by atomic mass is 16.5. The van der Waals surface area contributed by atoms with E-state index in [-0.39, 0.29) is 42.1 Å². The van der Waals surface area contributed by atoms with E-state index in [2.05, 4.69) is 62.7 Å². The Kier molecular flexibility index (Phi) is 13.7. The highest BCUT2D eigenvalue weighted by molar-refractivity contribution is 6.05. The van der Waals surface area contributed by atoms with Crippen molar-refractivity contribution in [2.24, 2.45) is 0 Å². The molecule has 8 rings (SSSR count). The molecule has 4 aliphatic heterocycles. The molecule has 4 amide bonds. The van der Waals surface area contributed by atoms with Gasteiger partial charge in [0.1, 0.15) is 12.1 Å². The quantitative estimate of drug-likeness (QED) is 0.101. The largest absolute Gasteiger partial charge is 0.460 e. The number of carbonyl (C=O) groups is 4. The molecule has 16 heteroatoms. The van der Waals surface area contributed by atoms with Crippen LogP contribution in [-0.2, 0) is 33.9 Å². The van der Waals surface area contributed by atoms with E-state index >= 15 is 0 Å². The van der Waals surface area contributed by atoms with E-state index in [0.717, 1.165) is 119 Å². The van der Waals surface area contributed by atoms with Gasteiger partial charge >= 0.3 is 6.01 Å². The Morgan fingerprint density at radius 1 is 0.903 bits per heavy atom. The van der Waals surface area contributed by atoms with Gasteiger partial charge in [-0.05, 0) is 106 Å². The third-order valence-corrected chi connectivity index (χ3v) is 12.8. The second-order valence-corrected chi connectivity index (χ2v) is 17.6. The number of ether oxygens (including phenoxy) is 1. The van der Waals surface area contributed by atoms with Crippen molar-refractivity contribution in [1.82, 2.24) is 44.5 Å². The van der Waals surface area contributed by atoms with Gasteiger partial charge in [0.05, 0.1) is 6.20 Å². The number of nitrogens with zero attached hydrogens (tertiary/aromatic N) is 8. The third kappa shape index (κ3) is 10.4. The molecule has 330 valence electrons. The summed E-state index contributed by atoms with van der Waals surface area (Å²) in [6, 6.07) is 13.6. The molecule has 3 saturated heterocycles. The molecule has 16 nitrogen and oxygen atoms in total.